The molecule has 0 aromatic heterocycles. The van der Waals surface area contributed by atoms with E-state index < -0.39 is 5.60 Å². The molecule has 18 heavy (non-hydrogen) atoms. The van der Waals surface area contributed by atoms with E-state index in [0.29, 0.717) is 19.6 Å². The highest BCUT2D eigenvalue weighted by atomic mass is 16.6. The number of nitrogens with zero attached hydrogens (tertiary/aromatic N) is 3. The third kappa shape index (κ3) is 4.10. The molecule has 1 amide bonds. The van der Waals surface area contributed by atoms with Crippen LogP contribution in [0, 0.1) is 11.5 Å². The predicted molar refractivity (Wildman–Crippen MR) is 68.8 cm³/mol. The van der Waals surface area contributed by atoms with Gasteiger partial charge in [0.05, 0.1) is 6.04 Å². The maximum Gasteiger partial charge on any atom is 0.410 e. The van der Waals surface area contributed by atoms with E-state index in [9.17, 15) is 4.79 Å². The van der Waals surface area contributed by atoms with Crippen LogP contribution in [0.1, 0.15) is 40.5 Å². The second kappa shape index (κ2) is 5.94. The van der Waals surface area contributed by atoms with Crippen molar-refractivity contribution in [3.8, 4) is 6.19 Å². The van der Waals surface area contributed by atoms with E-state index in [0.717, 1.165) is 12.8 Å². The molecule has 1 rings (SSSR count). The van der Waals surface area contributed by atoms with Gasteiger partial charge in [0, 0.05) is 19.6 Å². The summed E-state index contributed by atoms with van der Waals surface area (Å²) < 4.78 is 5.36. The molecule has 0 aromatic rings. The van der Waals surface area contributed by atoms with Crippen molar-refractivity contribution < 1.29 is 9.53 Å². The van der Waals surface area contributed by atoms with Gasteiger partial charge >= 0.3 is 6.09 Å². The lowest BCUT2D eigenvalue weighted by atomic mass is 10.1. The van der Waals surface area contributed by atoms with Crippen LogP contribution < -0.4 is 0 Å². The Morgan fingerprint density at radius 1 is 1.44 bits per heavy atom. The van der Waals surface area contributed by atoms with Crippen molar-refractivity contribution in [2.45, 2.75) is 52.2 Å². The van der Waals surface area contributed by atoms with Crippen molar-refractivity contribution in [1.82, 2.24) is 9.80 Å². The van der Waals surface area contributed by atoms with Crippen LogP contribution in [-0.2, 0) is 4.74 Å². The third-order valence-electron chi connectivity index (χ3n) is 2.88. The highest BCUT2D eigenvalue weighted by molar-refractivity contribution is 5.68. The molecule has 5 heteroatoms. The molecule has 1 atom stereocenters. The summed E-state index contributed by atoms with van der Waals surface area (Å²) in [4.78, 5) is 15.4. The number of carbonyl (C=O) groups is 1. The van der Waals surface area contributed by atoms with Crippen LogP contribution in [0.3, 0.4) is 0 Å². The van der Waals surface area contributed by atoms with E-state index in [1.165, 1.54) is 0 Å². The number of nitriles is 1. The molecule has 0 aromatic carbocycles. The molecular formula is C13H23N3O2. The fraction of sp³-hybridized carbons (Fsp3) is 0.846. The van der Waals surface area contributed by atoms with Gasteiger partial charge in [-0.3, -0.25) is 0 Å². The summed E-state index contributed by atoms with van der Waals surface area (Å²) >= 11 is 0. The Kier molecular flexibility index (Phi) is 4.83. The molecule has 1 fully saturated rings. The molecule has 1 heterocycles. The van der Waals surface area contributed by atoms with Gasteiger partial charge in [-0.2, -0.15) is 5.26 Å². The zero-order chi connectivity index (χ0) is 13.8. The smallest absolute Gasteiger partial charge is 0.410 e. The van der Waals surface area contributed by atoms with Gasteiger partial charge in [0.15, 0.2) is 6.19 Å². The fourth-order valence-electron chi connectivity index (χ4n) is 2.06. The number of hydrogen-bond acceptors (Lipinski definition) is 4. The molecule has 1 saturated heterocycles. The highest BCUT2D eigenvalue weighted by Gasteiger charge is 2.30. The lowest BCUT2D eigenvalue weighted by Gasteiger charge is -2.38. The Hall–Kier alpha value is -1.44. The average Bonchev–Trinajstić information content (AvgIpc) is 2.27. The standard InChI is InChI=1S/C13H23N3O2/c1-5-6-11-9-15(7-8-16(11)10-14)12(17)18-13(2,3)4/h11H,5-9H2,1-4H3. The van der Waals surface area contributed by atoms with Gasteiger partial charge in [-0.05, 0) is 27.2 Å². The minimum absolute atomic E-state index is 0.126. The molecule has 1 aliphatic heterocycles. The number of amides is 1. The molecule has 5 nitrogen and oxygen atoms in total. The third-order valence-corrected chi connectivity index (χ3v) is 2.88. The topological polar surface area (TPSA) is 56.6 Å². The minimum atomic E-state index is -0.469. The van der Waals surface area contributed by atoms with E-state index in [2.05, 4.69) is 13.1 Å². The molecule has 1 unspecified atom stereocenters. The Morgan fingerprint density at radius 3 is 2.61 bits per heavy atom. The maximum absolute atomic E-state index is 12.0. The number of carbonyl (C=O) groups excluding carboxylic acids is 1. The van der Waals surface area contributed by atoms with Gasteiger partial charge in [-0.15, -0.1) is 0 Å². The average molecular weight is 253 g/mol. The van der Waals surface area contributed by atoms with Crippen molar-refractivity contribution >= 4 is 6.09 Å². The zero-order valence-corrected chi connectivity index (χ0v) is 11.8. The largest absolute Gasteiger partial charge is 0.444 e. The zero-order valence-electron chi connectivity index (χ0n) is 11.8. The van der Waals surface area contributed by atoms with Crippen LogP contribution in [0.25, 0.3) is 0 Å². The summed E-state index contributed by atoms with van der Waals surface area (Å²) in [5.74, 6) is 0. The number of ether oxygens (including phenoxy) is 1. The molecular weight excluding hydrogens is 230 g/mol. The molecule has 102 valence electrons. The molecule has 0 aliphatic carbocycles. The van der Waals surface area contributed by atoms with Gasteiger partial charge in [-0.1, -0.05) is 13.3 Å². The van der Waals surface area contributed by atoms with Crippen LogP contribution in [0.15, 0.2) is 0 Å². The minimum Gasteiger partial charge on any atom is -0.444 e. The van der Waals surface area contributed by atoms with E-state index in [1.807, 2.05) is 20.8 Å². The van der Waals surface area contributed by atoms with E-state index >= 15 is 0 Å². The van der Waals surface area contributed by atoms with Crippen LogP contribution >= 0.6 is 0 Å². The lowest BCUT2D eigenvalue weighted by molar-refractivity contribution is 0.0102. The Bertz CT molecular complexity index is 330. The number of piperazine rings is 1. The molecule has 0 N–H and O–H groups in total. The quantitative estimate of drug-likeness (QED) is 0.708. The Labute approximate surface area is 109 Å². The normalized spacial score (nSPS) is 20.5. The maximum atomic E-state index is 12.0. The van der Waals surface area contributed by atoms with Gasteiger partial charge in [-0.25, -0.2) is 4.79 Å². The number of rotatable bonds is 2. The van der Waals surface area contributed by atoms with Crippen molar-refractivity contribution in [2.24, 2.45) is 0 Å². The van der Waals surface area contributed by atoms with Gasteiger partial charge in [0.2, 0.25) is 0 Å². The molecule has 0 spiro atoms. The molecule has 0 bridgehead atoms. The van der Waals surface area contributed by atoms with Crippen LogP contribution in [0.2, 0.25) is 0 Å². The Morgan fingerprint density at radius 2 is 2.11 bits per heavy atom. The van der Waals surface area contributed by atoms with Gasteiger partial charge in [0.25, 0.3) is 0 Å². The van der Waals surface area contributed by atoms with Gasteiger partial charge < -0.3 is 14.5 Å². The van der Waals surface area contributed by atoms with Crippen molar-refractivity contribution in [3.63, 3.8) is 0 Å². The monoisotopic (exact) mass is 253 g/mol. The summed E-state index contributed by atoms with van der Waals surface area (Å²) in [6.07, 6.45) is 3.85. The molecule has 0 radical (unpaired) electrons. The van der Waals surface area contributed by atoms with E-state index in [1.54, 1.807) is 9.80 Å². The van der Waals surface area contributed by atoms with Crippen LogP contribution in [-0.4, -0.2) is 47.2 Å². The Balaban J connectivity index is 2.60. The fourth-order valence-corrected chi connectivity index (χ4v) is 2.06. The first-order valence-electron chi connectivity index (χ1n) is 6.51. The van der Waals surface area contributed by atoms with Crippen molar-refractivity contribution in [2.75, 3.05) is 19.6 Å². The lowest BCUT2D eigenvalue weighted by Crippen LogP contribution is -2.53. The molecule has 1 aliphatic rings. The SMILES string of the molecule is CCCC1CN(C(=O)OC(C)(C)C)CCN1C#N. The molecule has 0 saturated carbocycles. The predicted octanol–water partition coefficient (Wildman–Crippen LogP) is 2.19. The summed E-state index contributed by atoms with van der Waals surface area (Å²) in [5, 5.41) is 9.04. The van der Waals surface area contributed by atoms with Crippen molar-refractivity contribution in [3.05, 3.63) is 0 Å². The van der Waals surface area contributed by atoms with E-state index in [4.69, 9.17) is 10.00 Å². The van der Waals surface area contributed by atoms with Gasteiger partial charge in [0.1, 0.15) is 5.60 Å². The second-order valence-electron chi connectivity index (χ2n) is 5.66. The summed E-state index contributed by atoms with van der Waals surface area (Å²) in [5.41, 5.74) is -0.469. The summed E-state index contributed by atoms with van der Waals surface area (Å²) in [7, 11) is 0. The second-order valence-corrected chi connectivity index (χ2v) is 5.66. The van der Waals surface area contributed by atoms with Crippen LogP contribution in [0.4, 0.5) is 4.79 Å². The van der Waals surface area contributed by atoms with E-state index in [-0.39, 0.29) is 12.1 Å². The highest BCUT2D eigenvalue weighted by Crippen LogP contribution is 2.17. The number of hydrogen-bond donors (Lipinski definition) is 0. The first-order valence-corrected chi connectivity index (χ1v) is 6.51. The summed E-state index contributed by atoms with van der Waals surface area (Å²) in [6, 6.07) is 0.126. The summed E-state index contributed by atoms with van der Waals surface area (Å²) in [6.45, 7) is 9.40. The first kappa shape index (κ1) is 14.6. The van der Waals surface area contributed by atoms with Crippen LogP contribution in [0.5, 0.6) is 0 Å². The van der Waals surface area contributed by atoms with Crippen molar-refractivity contribution in [1.29, 1.82) is 5.26 Å². The first-order chi connectivity index (χ1) is 8.37.